The minimum Gasteiger partial charge on any atom is -0.349 e. The number of thioether (sulfide) groups is 1. The second-order valence-corrected chi connectivity index (χ2v) is 6.29. The van der Waals surface area contributed by atoms with E-state index in [1.54, 1.807) is 6.07 Å². The molecule has 1 aromatic rings. The summed E-state index contributed by atoms with van der Waals surface area (Å²) >= 11 is 5.00. The van der Waals surface area contributed by atoms with Crippen molar-refractivity contribution in [2.24, 2.45) is 0 Å². The van der Waals surface area contributed by atoms with Gasteiger partial charge in [-0.1, -0.05) is 22.9 Å². The van der Waals surface area contributed by atoms with Crippen LogP contribution in [0.1, 0.15) is 30.6 Å². The zero-order valence-corrected chi connectivity index (χ0v) is 12.9. The van der Waals surface area contributed by atoms with E-state index in [0.717, 1.165) is 17.9 Å². The number of hydrogen-bond donors (Lipinski definition) is 1. The maximum Gasteiger partial charge on any atom is 0.254 e. The van der Waals surface area contributed by atoms with E-state index in [1.165, 1.54) is 12.1 Å². The van der Waals surface area contributed by atoms with Crippen LogP contribution in [-0.2, 0) is 0 Å². The molecule has 0 heterocycles. The highest BCUT2D eigenvalue weighted by Crippen LogP contribution is 2.15. The molecule has 2 nitrogen and oxygen atoms in total. The Bertz CT molecular complexity index is 414. The fourth-order valence-electron chi connectivity index (χ4n) is 1.45. The predicted octanol–water partition coefficient (Wildman–Crippen LogP) is 3.85. The zero-order chi connectivity index (χ0) is 13.5. The summed E-state index contributed by atoms with van der Waals surface area (Å²) in [7, 11) is 0. The average molecular weight is 334 g/mol. The Kier molecular flexibility index (Phi) is 6.71. The van der Waals surface area contributed by atoms with Gasteiger partial charge in [-0.3, -0.25) is 4.79 Å². The Morgan fingerprint density at radius 2 is 2.28 bits per heavy atom. The minimum absolute atomic E-state index is 0.0552. The SMILES string of the molecule is CCSCCC(C)NC(=O)c1ccc(Br)cc1F. The number of nitrogens with one attached hydrogen (secondary N) is 1. The highest BCUT2D eigenvalue weighted by atomic mass is 79.9. The second kappa shape index (κ2) is 7.79. The summed E-state index contributed by atoms with van der Waals surface area (Å²) < 4.78 is 14.2. The fraction of sp³-hybridized carbons (Fsp3) is 0.462. The number of hydrogen-bond acceptors (Lipinski definition) is 2. The van der Waals surface area contributed by atoms with Gasteiger partial charge < -0.3 is 5.32 Å². The summed E-state index contributed by atoms with van der Waals surface area (Å²) in [6.45, 7) is 4.04. The normalized spacial score (nSPS) is 12.2. The van der Waals surface area contributed by atoms with Crippen molar-refractivity contribution in [2.45, 2.75) is 26.3 Å². The second-order valence-electron chi connectivity index (χ2n) is 3.98. The predicted molar refractivity (Wildman–Crippen MR) is 78.6 cm³/mol. The quantitative estimate of drug-likeness (QED) is 0.801. The molecule has 0 aliphatic rings. The molecule has 0 bridgehead atoms. The Hall–Kier alpha value is -0.550. The molecule has 0 spiro atoms. The molecule has 0 saturated carbocycles. The molecule has 5 heteroatoms. The third-order valence-electron chi connectivity index (χ3n) is 2.45. The molecular weight excluding hydrogens is 317 g/mol. The van der Waals surface area contributed by atoms with E-state index in [0.29, 0.717) is 4.47 Å². The van der Waals surface area contributed by atoms with Crippen molar-refractivity contribution in [1.82, 2.24) is 5.32 Å². The lowest BCUT2D eigenvalue weighted by atomic mass is 10.1. The van der Waals surface area contributed by atoms with Gasteiger partial charge in [0.15, 0.2) is 0 Å². The van der Waals surface area contributed by atoms with E-state index in [2.05, 4.69) is 28.2 Å². The van der Waals surface area contributed by atoms with Gasteiger partial charge in [0.05, 0.1) is 5.56 Å². The molecule has 0 aliphatic carbocycles. The standard InChI is InChI=1S/C13H17BrFNOS/c1-3-18-7-6-9(2)16-13(17)11-5-4-10(14)8-12(11)15/h4-5,8-9H,3,6-7H2,1-2H3,(H,16,17). The van der Waals surface area contributed by atoms with Crippen LogP contribution in [0.4, 0.5) is 4.39 Å². The Morgan fingerprint density at radius 3 is 2.89 bits per heavy atom. The number of benzene rings is 1. The lowest BCUT2D eigenvalue weighted by Crippen LogP contribution is -2.33. The Labute approximate surface area is 120 Å². The van der Waals surface area contributed by atoms with Gasteiger partial charge in [0.2, 0.25) is 0 Å². The van der Waals surface area contributed by atoms with Gasteiger partial charge in [-0.2, -0.15) is 11.8 Å². The zero-order valence-electron chi connectivity index (χ0n) is 10.5. The van der Waals surface area contributed by atoms with E-state index < -0.39 is 5.82 Å². The van der Waals surface area contributed by atoms with Crippen LogP contribution in [-0.4, -0.2) is 23.5 Å². The van der Waals surface area contributed by atoms with Crippen LogP contribution >= 0.6 is 27.7 Å². The number of halogens is 2. The van der Waals surface area contributed by atoms with E-state index in [9.17, 15) is 9.18 Å². The van der Waals surface area contributed by atoms with Crippen LogP contribution in [0.5, 0.6) is 0 Å². The van der Waals surface area contributed by atoms with Crippen LogP contribution in [0.15, 0.2) is 22.7 Å². The number of carbonyl (C=O) groups excluding carboxylic acids is 1. The molecule has 0 saturated heterocycles. The molecule has 0 aromatic heterocycles. The van der Waals surface area contributed by atoms with Gasteiger partial charge >= 0.3 is 0 Å². The Balaban J connectivity index is 2.54. The van der Waals surface area contributed by atoms with Crippen LogP contribution in [0.2, 0.25) is 0 Å². The van der Waals surface area contributed by atoms with Gasteiger partial charge in [-0.05, 0) is 43.0 Å². The molecule has 0 radical (unpaired) electrons. The first kappa shape index (κ1) is 15.5. The molecule has 1 unspecified atom stereocenters. The van der Waals surface area contributed by atoms with Crippen LogP contribution in [0.25, 0.3) is 0 Å². The van der Waals surface area contributed by atoms with E-state index in [4.69, 9.17) is 0 Å². The van der Waals surface area contributed by atoms with Crippen LogP contribution < -0.4 is 5.32 Å². The first-order valence-electron chi connectivity index (χ1n) is 5.88. The molecule has 18 heavy (non-hydrogen) atoms. The van der Waals surface area contributed by atoms with Gasteiger partial charge in [0.25, 0.3) is 5.91 Å². The lowest BCUT2D eigenvalue weighted by molar-refractivity contribution is 0.0935. The molecule has 1 atom stereocenters. The highest BCUT2D eigenvalue weighted by Gasteiger charge is 2.14. The largest absolute Gasteiger partial charge is 0.349 e. The lowest BCUT2D eigenvalue weighted by Gasteiger charge is -2.13. The highest BCUT2D eigenvalue weighted by molar-refractivity contribution is 9.10. The van der Waals surface area contributed by atoms with Crippen molar-refractivity contribution in [3.63, 3.8) is 0 Å². The minimum atomic E-state index is -0.503. The maximum atomic E-state index is 13.6. The monoisotopic (exact) mass is 333 g/mol. The van der Waals surface area contributed by atoms with Gasteiger partial charge in [0.1, 0.15) is 5.82 Å². The molecule has 0 aliphatic heterocycles. The fourth-order valence-corrected chi connectivity index (χ4v) is 2.59. The maximum absolute atomic E-state index is 13.6. The number of rotatable bonds is 6. The molecule has 0 fully saturated rings. The smallest absolute Gasteiger partial charge is 0.254 e. The topological polar surface area (TPSA) is 29.1 Å². The van der Waals surface area contributed by atoms with Gasteiger partial charge in [-0.25, -0.2) is 4.39 Å². The van der Waals surface area contributed by atoms with Crippen molar-refractivity contribution < 1.29 is 9.18 Å². The third kappa shape index (κ3) is 4.98. The molecule has 1 aromatic carbocycles. The molecular formula is C13H17BrFNOS. The summed E-state index contributed by atoms with van der Waals surface area (Å²) in [5.41, 5.74) is 0.0909. The van der Waals surface area contributed by atoms with Crippen LogP contribution in [0, 0.1) is 5.82 Å². The van der Waals surface area contributed by atoms with Crippen molar-refractivity contribution in [2.75, 3.05) is 11.5 Å². The summed E-state index contributed by atoms with van der Waals surface area (Å²) in [4.78, 5) is 11.8. The third-order valence-corrected chi connectivity index (χ3v) is 3.88. The molecule has 1 amide bonds. The van der Waals surface area contributed by atoms with Crippen molar-refractivity contribution >= 4 is 33.6 Å². The van der Waals surface area contributed by atoms with Crippen molar-refractivity contribution in [1.29, 1.82) is 0 Å². The summed E-state index contributed by atoms with van der Waals surface area (Å²) in [5, 5.41) is 2.81. The molecule has 1 N–H and O–H groups in total. The molecule has 100 valence electrons. The first-order chi connectivity index (χ1) is 8.54. The summed E-state index contributed by atoms with van der Waals surface area (Å²) in [6, 6.07) is 4.50. The van der Waals surface area contributed by atoms with Crippen LogP contribution in [0.3, 0.4) is 0 Å². The van der Waals surface area contributed by atoms with Gasteiger partial charge in [-0.15, -0.1) is 0 Å². The first-order valence-corrected chi connectivity index (χ1v) is 7.83. The van der Waals surface area contributed by atoms with Crippen molar-refractivity contribution in [3.8, 4) is 0 Å². The average Bonchev–Trinajstić information content (AvgIpc) is 2.28. The van der Waals surface area contributed by atoms with Gasteiger partial charge in [0, 0.05) is 10.5 Å². The Morgan fingerprint density at radius 1 is 1.56 bits per heavy atom. The van der Waals surface area contributed by atoms with E-state index >= 15 is 0 Å². The van der Waals surface area contributed by atoms with E-state index in [1.807, 2.05) is 18.7 Å². The van der Waals surface area contributed by atoms with Crippen molar-refractivity contribution in [3.05, 3.63) is 34.1 Å². The summed E-state index contributed by atoms with van der Waals surface area (Å²) in [5.74, 6) is 1.22. The number of amides is 1. The van der Waals surface area contributed by atoms with E-state index in [-0.39, 0.29) is 17.5 Å². The number of carbonyl (C=O) groups is 1. The summed E-state index contributed by atoms with van der Waals surface area (Å²) in [6.07, 6.45) is 0.891. The molecule has 1 rings (SSSR count).